The topological polar surface area (TPSA) is 26.3 Å². The summed E-state index contributed by atoms with van der Waals surface area (Å²) in [6.45, 7) is 12.2. The second-order valence-corrected chi connectivity index (χ2v) is 5.41. The monoisotopic (exact) mass is 356 g/mol. The molecule has 0 saturated heterocycles. The molecule has 0 aromatic heterocycles. The van der Waals surface area contributed by atoms with Crippen LogP contribution in [0, 0.1) is 0 Å². The van der Waals surface area contributed by atoms with Crippen molar-refractivity contribution in [3.8, 4) is 0 Å². The van der Waals surface area contributed by atoms with Crippen molar-refractivity contribution < 1.29 is 9.53 Å². The number of halogens is 1. The first kappa shape index (κ1) is 22.4. The lowest BCUT2D eigenvalue weighted by molar-refractivity contribution is -0.136. The molecule has 2 aromatic carbocycles. The number of carbonyl (C=O) groups excluding carboxylic acids is 1. The van der Waals surface area contributed by atoms with E-state index in [-0.39, 0.29) is 11.3 Å². The molecule has 1 unspecified atom stereocenters. The van der Waals surface area contributed by atoms with Gasteiger partial charge in [-0.15, -0.1) is 18.2 Å². The number of methoxy groups -OCH3 is 1. The van der Waals surface area contributed by atoms with Crippen molar-refractivity contribution in [3.05, 3.63) is 103 Å². The average Bonchev–Trinajstić information content (AvgIpc) is 2.68. The van der Waals surface area contributed by atoms with Crippen molar-refractivity contribution in [1.82, 2.24) is 0 Å². The van der Waals surface area contributed by atoms with Gasteiger partial charge < -0.3 is 4.74 Å². The van der Waals surface area contributed by atoms with Gasteiger partial charge in [0.25, 0.3) is 0 Å². The highest BCUT2D eigenvalue weighted by molar-refractivity contribution is 6.21. The molecule has 132 valence electrons. The standard InChI is InChI=1S/C9H9Cl.C8H8.C5H8O2/c1-2-9(10)8-6-4-3-5-7-8;1-2-8-6-4-3-5-7-8;1-4(2)5(6)7-3/h2-7,9H,1H2;2-7H,1H2;1H2,2-3H3. The van der Waals surface area contributed by atoms with Gasteiger partial charge in [-0.1, -0.05) is 86.0 Å². The molecule has 0 heterocycles. The van der Waals surface area contributed by atoms with Gasteiger partial charge in [0.15, 0.2) is 0 Å². The zero-order chi connectivity index (χ0) is 19.1. The fraction of sp³-hybridized carbons (Fsp3) is 0.136. The summed E-state index contributed by atoms with van der Waals surface area (Å²) >= 11 is 5.87. The van der Waals surface area contributed by atoms with Crippen LogP contribution in [0.5, 0.6) is 0 Å². The smallest absolute Gasteiger partial charge is 0.332 e. The normalized spacial score (nSPS) is 9.88. The van der Waals surface area contributed by atoms with E-state index in [1.54, 1.807) is 13.0 Å². The van der Waals surface area contributed by atoms with Gasteiger partial charge in [0.05, 0.1) is 12.5 Å². The first-order valence-electron chi connectivity index (χ1n) is 7.69. The van der Waals surface area contributed by atoms with Crippen molar-refractivity contribution >= 4 is 23.6 Å². The van der Waals surface area contributed by atoms with Gasteiger partial charge in [0.1, 0.15) is 0 Å². The molecular formula is C22H25ClO2. The van der Waals surface area contributed by atoms with E-state index < -0.39 is 0 Å². The molecule has 0 N–H and O–H groups in total. The molecule has 0 aliphatic heterocycles. The minimum absolute atomic E-state index is 0.0544. The predicted molar refractivity (Wildman–Crippen MR) is 109 cm³/mol. The van der Waals surface area contributed by atoms with Crippen molar-refractivity contribution in [2.45, 2.75) is 12.3 Å². The van der Waals surface area contributed by atoms with E-state index in [4.69, 9.17) is 11.6 Å². The van der Waals surface area contributed by atoms with Gasteiger partial charge >= 0.3 is 5.97 Å². The van der Waals surface area contributed by atoms with Gasteiger partial charge in [0, 0.05) is 5.57 Å². The van der Waals surface area contributed by atoms with Crippen LogP contribution in [0.4, 0.5) is 0 Å². The predicted octanol–water partition coefficient (Wildman–Crippen LogP) is 6.22. The third-order valence-corrected chi connectivity index (χ3v) is 3.32. The average molecular weight is 357 g/mol. The van der Waals surface area contributed by atoms with Crippen LogP contribution in [0.2, 0.25) is 0 Å². The Labute approximate surface area is 156 Å². The number of benzene rings is 2. The number of ether oxygens (including phenoxy) is 1. The van der Waals surface area contributed by atoms with Crippen LogP contribution in [0.3, 0.4) is 0 Å². The lowest BCUT2D eigenvalue weighted by Crippen LogP contribution is -1.98. The van der Waals surface area contributed by atoms with E-state index in [9.17, 15) is 4.79 Å². The summed E-state index contributed by atoms with van der Waals surface area (Å²) in [5, 5.41) is -0.0544. The van der Waals surface area contributed by atoms with Crippen molar-refractivity contribution in [2.75, 3.05) is 7.11 Å². The zero-order valence-electron chi connectivity index (χ0n) is 14.8. The van der Waals surface area contributed by atoms with Crippen LogP contribution < -0.4 is 0 Å². The molecule has 25 heavy (non-hydrogen) atoms. The Morgan fingerprint density at radius 3 is 1.80 bits per heavy atom. The molecule has 2 nitrogen and oxygen atoms in total. The molecule has 0 saturated carbocycles. The number of carbonyl (C=O) groups is 1. The Kier molecular flexibility index (Phi) is 12.4. The Morgan fingerprint density at radius 1 is 1.04 bits per heavy atom. The van der Waals surface area contributed by atoms with E-state index in [0.29, 0.717) is 5.57 Å². The van der Waals surface area contributed by atoms with Gasteiger partial charge in [-0.2, -0.15) is 0 Å². The third kappa shape index (κ3) is 10.7. The number of alkyl halides is 1. The van der Waals surface area contributed by atoms with Crippen molar-refractivity contribution in [3.63, 3.8) is 0 Å². The molecule has 2 aromatic rings. The Morgan fingerprint density at radius 2 is 1.52 bits per heavy atom. The maximum Gasteiger partial charge on any atom is 0.332 e. The number of rotatable bonds is 4. The molecule has 3 heteroatoms. The van der Waals surface area contributed by atoms with E-state index in [1.807, 2.05) is 66.7 Å². The summed E-state index contributed by atoms with van der Waals surface area (Å²) in [6, 6.07) is 19.9. The lowest BCUT2D eigenvalue weighted by atomic mass is 10.1. The number of hydrogen-bond acceptors (Lipinski definition) is 2. The van der Waals surface area contributed by atoms with Gasteiger partial charge in [0.2, 0.25) is 0 Å². The van der Waals surface area contributed by atoms with E-state index in [2.05, 4.69) is 24.5 Å². The summed E-state index contributed by atoms with van der Waals surface area (Å²) < 4.78 is 4.27. The second kappa shape index (κ2) is 13.8. The maximum atomic E-state index is 10.2. The second-order valence-electron chi connectivity index (χ2n) is 4.93. The van der Waals surface area contributed by atoms with Crippen molar-refractivity contribution in [2.24, 2.45) is 0 Å². The fourth-order valence-electron chi connectivity index (χ4n) is 1.54. The van der Waals surface area contributed by atoms with Gasteiger partial charge in [-0.05, 0) is 18.1 Å². The highest BCUT2D eigenvalue weighted by atomic mass is 35.5. The summed E-state index contributed by atoms with van der Waals surface area (Å²) in [5.74, 6) is -0.347. The van der Waals surface area contributed by atoms with Crippen molar-refractivity contribution in [1.29, 1.82) is 0 Å². The SMILES string of the molecule is C=C(C)C(=O)OC.C=CC(Cl)c1ccccc1.C=Cc1ccccc1. The van der Waals surface area contributed by atoms with Crippen LogP contribution in [-0.4, -0.2) is 13.1 Å². The Balaban J connectivity index is 0.000000353. The molecule has 1 atom stereocenters. The van der Waals surface area contributed by atoms with E-state index in [0.717, 1.165) is 5.56 Å². The van der Waals surface area contributed by atoms with E-state index >= 15 is 0 Å². The maximum absolute atomic E-state index is 10.2. The minimum Gasteiger partial charge on any atom is -0.466 e. The lowest BCUT2D eigenvalue weighted by Gasteiger charge is -2.01. The molecular weight excluding hydrogens is 332 g/mol. The highest BCUT2D eigenvalue weighted by Gasteiger charge is 1.98. The van der Waals surface area contributed by atoms with E-state index in [1.165, 1.54) is 12.7 Å². The highest BCUT2D eigenvalue weighted by Crippen LogP contribution is 2.19. The molecule has 0 aliphatic carbocycles. The van der Waals surface area contributed by atoms with Crippen LogP contribution in [0.25, 0.3) is 6.08 Å². The molecule has 0 radical (unpaired) electrons. The first-order chi connectivity index (χ1) is 12.0. The first-order valence-corrected chi connectivity index (χ1v) is 8.12. The largest absolute Gasteiger partial charge is 0.466 e. The molecule has 0 fully saturated rings. The molecule has 2 rings (SSSR count). The summed E-state index contributed by atoms with van der Waals surface area (Å²) in [6.07, 6.45) is 3.55. The van der Waals surface area contributed by atoms with Crippen LogP contribution in [0.1, 0.15) is 23.4 Å². The molecule has 0 spiro atoms. The molecule has 0 bridgehead atoms. The minimum atomic E-state index is -0.347. The fourth-order valence-corrected chi connectivity index (χ4v) is 1.68. The number of esters is 1. The number of hydrogen-bond donors (Lipinski definition) is 0. The Hall–Kier alpha value is -2.58. The quantitative estimate of drug-likeness (QED) is 0.281. The Bertz CT molecular complexity index is 648. The van der Waals surface area contributed by atoms with Crippen LogP contribution >= 0.6 is 11.6 Å². The van der Waals surface area contributed by atoms with Crippen LogP contribution in [-0.2, 0) is 9.53 Å². The van der Waals surface area contributed by atoms with Gasteiger partial charge in [-0.25, -0.2) is 4.79 Å². The van der Waals surface area contributed by atoms with Crippen LogP contribution in [0.15, 0.2) is 92.0 Å². The third-order valence-electron chi connectivity index (χ3n) is 2.89. The summed E-state index contributed by atoms with van der Waals surface area (Å²) in [7, 11) is 1.33. The zero-order valence-corrected chi connectivity index (χ0v) is 15.6. The molecule has 0 aliphatic rings. The summed E-state index contributed by atoms with van der Waals surface area (Å²) in [5.41, 5.74) is 2.70. The number of allylic oxidation sites excluding steroid dienone is 1. The summed E-state index contributed by atoms with van der Waals surface area (Å²) in [4.78, 5) is 10.2. The molecule has 0 amide bonds. The van der Waals surface area contributed by atoms with Gasteiger partial charge in [-0.3, -0.25) is 0 Å².